The van der Waals surface area contributed by atoms with Crippen molar-refractivity contribution in [1.82, 2.24) is 29.7 Å². The van der Waals surface area contributed by atoms with E-state index in [4.69, 9.17) is 23.7 Å². The fourth-order valence-electron chi connectivity index (χ4n) is 11.8. The molecule has 12 rings (SSSR count). The van der Waals surface area contributed by atoms with Gasteiger partial charge in [0.15, 0.2) is 0 Å². The second-order valence-electron chi connectivity index (χ2n) is 22.0. The summed E-state index contributed by atoms with van der Waals surface area (Å²) in [7, 11) is 0. The summed E-state index contributed by atoms with van der Waals surface area (Å²) in [4.78, 5) is 49.8. The van der Waals surface area contributed by atoms with E-state index in [0.717, 1.165) is 98.8 Å². The number of H-pyrrole nitrogens is 2. The minimum Gasteiger partial charge on any atom is -0.489 e. The molecular weight excluding hydrogens is 1040 g/mol. The number of fused-ring (bicyclic) bond motifs is 2. The van der Waals surface area contributed by atoms with E-state index in [1.54, 1.807) is 22.2 Å². The van der Waals surface area contributed by atoms with Crippen LogP contribution in [0.1, 0.15) is 50.7 Å². The first-order valence-electron chi connectivity index (χ1n) is 28.1. The van der Waals surface area contributed by atoms with E-state index in [0.29, 0.717) is 94.2 Å². The number of aliphatic hydroxyl groups is 1. The van der Waals surface area contributed by atoms with Crippen LogP contribution < -0.4 is 19.3 Å². The Morgan fingerprint density at radius 3 is 1.71 bits per heavy atom. The van der Waals surface area contributed by atoms with Gasteiger partial charge in [-0.2, -0.15) is 10.5 Å². The average Bonchev–Trinajstić information content (AvgIpc) is 4.44. The summed E-state index contributed by atoms with van der Waals surface area (Å²) < 4.78 is 30.6. The van der Waals surface area contributed by atoms with Crippen molar-refractivity contribution in [2.24, 2.45) is 0 Å². The number of morpholine rings is 2. The SMILES string of the molecule is CC(C)(CC1CN(c2ccc(-c3cc4c(-c5ccc(OC6CCN(C(=O)CO)CC6)c(C#N)c5)ccnc4[nH]3)cc2)CCO1)OC(=O)N1CC[C@@H](Oc2ccc(-c3ccnc4[nH]c(-c5ccc(N6CCOCC6)cc5)cc34)cc2C#N)C1. The largest absolute Gasteiger partial charge is 0.489 e. The number of likely N-dealkylation sites (tertiary alicyclic amines) is 2. The quantitative estimate of drug-likeness (QED) is 0.0924. The summed E-state index contributed by atoms with van der Waals surface area (Å²) in [6, 6.07) is 41.0. The lowest BCUT2D eigenvalue weighted by Gasteiger charge is -2.38. The van der Waals surface area contributed by atoms with Crippen molar-refractivity contribution < 1.29 is 38.4 Å². The second kappa shape index (κ2) is 23.3. The molecule has 82 heavy (non-hydrogen) atoms. The van der Waals surface area contributed by atoms with Crippen LogP contribution in [0.5, 0.6) is 11.5 Å². The molecule has 4 saturated heterocycles. The number of amides is 2. The van der Waals surface area contributed by atoms with E-state index in [2.05, 4.69) is 103 Å². The molecule has 0 aliphatic carbocycles. The lowest BCUT2D eigenvalue weighted by atomic mass is 9.99. The molecule has 2 atom stereocenters. The molecular formula is C64H64N10O8. The van der Waals surface area contributed by atoms with Gasteiger partial charge in [-0.1, -0.05) is 36.4 Å². The molecule has 418 valence electrons. The van der Waals surface area contributed by atoms with Gasteiger partial charge in [-0.05, 0) is 120 Å². The average molecular weight is 1100 g/mol. The zero-order chi connectivity index (χ0) is 56.3. The number of piperidine rings is 1. The van der Waals surface area contributed by atoms with E-state index >= 15 is 0 Å². The lowest BCUT2D eigenvalue weighted by Crippen LogP contribution is -2.47. The number of aliphatic hydroxyl groups excluding tert-OH is 1. The third kappa shape index (κ3) is 11.5. The van der Waals surface area contributed by atoms with Crippen LogP contribution in [-0.2, 0) is 19.0 Å². The van der Waals surface area contributed by atoms with Gasteiger partial charge in [-0.15, -0.1) is 0 Å². The summed E-state index contributed by atoms with van der Waals surface area (Å²) in [6.07, 6.45) is 4.84. The van der Waals surface area contributed by atoms with Gasteiger partial charge >= 0.3 is 6.09 Å². The monoisotopic (exact) mass is 1100 g/mol. The Kier molecular flexibility index (Phi) is 15.2. The first-order chi connectivity index (χ1) is 40.0. The molecule has 18 nitrogen and oxygen atoms in total. The Bertz CT molecular complexity index is 3720. The molecule has 4 aromatic carbocycles. The zero-order valence-electron chi connectivity index (χ0n) is 46.0. The first-order valence-corrected chi connectivity index (χ1v) is 28.1. The molecule has 18 heteroatoms. The van der Waals surface area contributed by atoms with Crippen molar-refractivity contribution in [3.05, 3.63) is 133 Å². The zero-order valence-corrected chi connectivity index (χ0v) is 46.0. The number of nitrogens with one attached hydrogen (secondary N) is 2. The van der Waals surface area contributed by atoms with E-state index in [-0.39, 0.29) is 24.2 Å². The maximum absolute atomic E-state index is 13.7. The highest BCUT2D eigenvalue weighted by atomic mass is 16.6. The smallest absolute Gasteiger partial charge is 0.410 e. The number of hydrogen-bond donors (Lipinski definition) is 3. The number of rotatable bonds is 14. The number of aromatic nitrogens is 4. The van der Waals surface area contributed by atoms with Gasteiger partial charge in [0.25, 0.3) is 0 Å². The van der Waals surface area contributed by atoms with Gasteiger partial charge in [0.05, 0.1) is 43.6 Å². The Hall–Kier alpha value is -8.94. The third-order valence-electron chi connectivity index (χ3n) is 16.1. The van der Waals surface area contributed by atoms with E-state index in [9.17, 15) is 25.2 Å². The van der Waals surface area contributed by atoms with Gasteiger partial charge < -0.3 is 58.4 Å². The van der Waals surface area contributed by atoms with Gasteiger partial charge in [-0.25, -0.2) is 14.8 Å². The fourth-order valence-corrected chi connectivity index (χ4v) is 11.8. The standard InChI is InChI=1S/C64H64N10O8/c1-64(2,82-63(77)74-24-19-50(38-74)81-59-14-8-44(32-46(59)37-66)53-16-21-67-61-54(53)33-56(69-61)41-3-9-47(10-4-41)71-25-28-78-29-26-71)35-51-39-73(27-30-79-51)48-11-5-42(6-12-48)57-34-55-52(15-20-68-62(55)70-57)43-7-13-58(45(31-43)36-65)80-49-17-22-72(23-18-49)60(76)40-75/h3-16,20-21,31-34,49-51,75H,17-19,22-30,35,38-40H2,1-2H3,(H,67,69)(H,68,70)/t50-,51?/m1/s1. The predicted molar refractivity (Wildman–Crippen MR) is 311 cm³/mol. The Balaban J connectivity index is 0.636. The minimum absolute atomic E-state index is 0.136. The van der Waals surface area contributed by atoms with E-state index < -0.39 is 18.3 Å². The second-order valence-corrected chi connectivity index (χ2v) is 22.0. The van der Waals surface area contributed by atoms with Crippen molar-refractivity contribution in [2.75, 3.05) is 88.6 Å². The number of benzene rings is 4. The van der Waals surface area contributed by atoms with Crippen molar-refractivity contribution in [3.8, 4) is 68.4 Å². The molecule has 0 spiro atoms. The van der Waals surface area contributed by atoms with Gasteiger partial charge in [0.2, 0.25) is 5.91 Å². The summed E-state index contributed by atoms with van der Waals surface area (Å²) in [5.41, 5.74) is 11.3. The maximum Gasteiger partial charge on any atom is 0.410 e. The van der Waals surface area contributed by atoms with Crippen molar-refractivity contribution in [1.29, 1.82) is 10.5 Å². The molecule has 0 radical (unpaired) electrons. The van der Waals surface area contributed by atoms with Crippen LogP contribution in [0.15, 0.2) is 122 Å². The third-order valence-corrected chi connectivity index (χ3v) is 16.1. The molecule has 1 unspecified atom stereocenters. The molecule has 8 heterocycles. The summed E-state index contributed by atoms with van der Waals surface area (Å²) in [5, 5.41) is 31.6. The number of ether oxygens (including phenoxy) is 5. The summed E-state index contributed by atoms with van der Waals surface area (Å²) in [5.74, 6) is 0.692. The number of carbonyl (C=O) groups is 2. The summed E-state index contributed by atoms with van der Waals surface area (Å²) in [6.45, 7) is 10.2. The van der Waals surface area contributed by atoms with Crippen LogP contribution in [-0.4, -0.2) is 150 Å². The molecule has 2 amide bonds. The van der Waals surface area contributed by atoms with Crippen molar-refractivity contribution in [3.63, 3.8) is 0 Å². The highest BCUT2D eigenvalue weighted by molar-refractivity contribution is 5.98. The molecule has 0 saturated carbocycles. The van der Waals surface area contributed by atoms with Gasteiger partial charge in [0.1, 0.15) is 59.3 Å². The van der Waals surface area contributed by atoms with E-state index in [1.807, 2.05) is 62.4 Å². The number of anilines is 2. The highest BCUT2D eigenvalue weighted by Gasteiger charge is 2.36. The number of nitriles is 2. The van der Waals surface area contributed by atoms with Crippen LogP contribution in [0, 0.1) is 22.7 Å². The number of hydrogen-bond acceptors (Lipinski definition) is 14. The molecule has 4 aliphatic rings. The van der Waals surface area contributed by atoms with Crippen LogP contribution in [0.3, 0.4) is 0 Å². The molecule has 4 aromatic heterocycles. The van der Waals surface area contributed by atoms with Crippen LogP contribution in [0.2, 0.25) is 0 Å². The van der Waals surface area contributed by atoms with Crippen LogP contribution in [0.4, 0.5) is 16.2 Å². The van der Waals surface area contributed by atoms with Gasteiger partial charge in [-0.3, -0.25) is 4.79 Å². The first kappa shape index (κ1) is 53.7. The minimum atomic E-state index is -0.818. The van der Waals surface area contributed by atoms with Crippen molar-refractivity contribution in [2.45, 2.75) is 63.4 Å². The predicted octanol–water partition coefficient (Wildman–Crippen LogP) is 9.71. The maximum atomic E-state index is 13.7. The van der Waals surface area contributed by atoms with E-state index in [1.165, 1.54) is 5.69 Å². The molecule has 0 bridgehead atoms. The number of carbonyl (C=O) groups excluding carboxylic acids is 2. The number of nitrogens with zero attached hydrogens (tertiary/aromatic N) is 8. The highest BCUT2D eigenvalue weighted by Crippen LogP contribution is 2.38. The Morgan fingerprint density at radius 1 is 0.634 bits per heavy atom. The summed E-state index contributed by atoms with van der Waals surface area (Å²) >= 11 is 0. The fraction of sp³-hybridized carbons (Fsp3) is 0.344. The van der Waals surface area contributed by atoms with Crippen molar-refractivity contribution >= 4 is 45.4 Å². The van der Waals surface area contributed by atoms with Crippen LogP contribution in [0.25, 0.3) is 66.8 Å². The Labute approximate surface area is 475 Å². The molecule has 3 N–H and O–H groups in total. The molecule has 4 fully saturated rings. The molecule has 8 aromatic rings. The van der Waals surface area contributed by atoms with Gasteiger partial charge in [0, 0.05) is 117 Å². The number of pyridine rings is 2. The van der Waals surface area contributed by atoms with Crippen LogP contribution >= 0.6 is 0 Å². The number of aromatic amines is 2. The normalized spacial score (nSPS) is 17.9. The topological polar surface area (TPSA) is 218 Å². The molecule has 4 aliphatic heterocycles. The Morgan fingerprint density at radius 2 is 1.15 bits per heavy atom. The lowest BCUT2D eigenvalue weighted by molar-refractivity contribution is -0.135.